The van der Waals surface area contributed by atoms with Crippen LogP contribution in [0.25, 0.3) is 0 Å². The number of carbonyl (C=O) groups is 3. The van der Waals surface area contributed by atoms with Crippen molar-refractivity contribution in [3.8, 4) is 0 Å². The van der Waals surface area contributed by atoms with E-state index in [0.29, 0.717) is 11.1 Å². The fourth-order valence-corrected chi connectivity index (χ4v) is 2.11. The van der Waals surface area contributed by atoms with Crippen LogP contribution in [0.1, 0.15) is 27.6 Å². The molecule has 1 aliphatic rings. The number of nitrogens with one attached hydrogen (secondary N) is 2. The highest BCUT2D eigenvalue weighted by molar-refractivity contribution is 6.23. The Morgan fingerprint density at radius 1 is 1.24 bits per heavy atom. The summed E-state index contributed by atoms with van der Waals surface area (Å²) in [5.41, 5.74) is 0.587. The molecular weight excluding hydrogens is 276 g/mol. The minimum absolute atomic E-state index is 0.0246. The lowest BCUT2D eigenvalue weighted by atomic mass is 10.1. The molecule has 0 aliphatic carbocycles. The van der Waals surface area contributed by atoms with Crippen LogP contribution in [0.4, 0.5) is 5.95 Å². The van der Waals surface area contributed by atoms with Crippen molar-refractivity contribution in [2.75, 3.05) is 5.32 Å². The first kappa shape index (κ1) is 12.9. The number of benzene rings is 1. The summed E-state index contributed by atoms with van der Waals surface area (Å²) < 4.78 is 0. The van der Waals surface area contributed by atoms with Gasteiger partial charge in [-0.05, 0) is 24.3 Å². The molecule has 2 N–H and O–H groups in total. The topological polar surface area (TPSA) is 121 Å². The van der Waals surface area contributed by atoms with Crippen molar-refractivity contribution >= 4 is 23.7 Å². The molecule has 2 aromatic rings. The van der Waals surface area contributed by atoms with Crippen molar-refractivity contribution in [2.24, 2.45) is 0 Å². The van der Waals surface area contributed by atoms with Crippen molar-refractivity contribution in [3.05, 3.63) is 35.4 Å². The molecule has 3 amide bonds. The van der Waals surface area contributed by atoms with Crippen molar-refractivity contribution in [1.82, 2.24) is 25.5 Å². The highest BCUT2D eigenvalue weighted by Crippen LogP contribution is 2.24. The Labute approximate surface area is 118 Å². The number of aromatic amines is 1. The second-order valence-corrected chi connectivity index (χ2v) is 4.43. The fourth-order valence-electron chi connectivity index (χ4n) is 2.11. The van der Waals surface area contributed by atoms with Crippen LogP contribution in [0.5, 0.6) is 0 Å². The zero-order valence-electron chi connectivity index (χ0n) is 10.9. The maximum Gasteiger partial charge on any atom is 0.269 e. The van der Waals surface area contributed by atoms with Crippen molar-refractivity contribution in [1.29, 1.82) is 0 Å². The van der Waals surface area contributed by atoms with Crippen LogP contribution >= 0.6 is 0 Å². The van der Waals surface area contributed by atoms with Gasteiger partial charge in [-0.2, -0.15) is 5.21 Å². The number of fused-ring (bicyclic) bond motifs is 1. The predicted molar refractivity (Wildman–Crippen MR) is 69.2 cm³/mol. The molecule has 2 heterocycles. The SMILES string of the molecule is CC(C(=O)Nc1nn[nH]n1)N1C(=O)c2ccccc2C1=O. The maximum atomic E-state index is 12.2. The third-order valence-corrected chi connectivity index (χ3v) is 3.17. The van der Waals surface area contributed by atoms with E-state index in [0.717, 1.165) is 4.90 Å². The van der Waals surface area contributed by atoms with Crippen LogP contribution in [-0.2, 0) is 4.79 Å². The van der Waals surface area contributed by atoms with E-state index in [9.17, 15) is 14.4 Å². The Morgan fingerprint density at radius 2 is 1.86 bits per heavy atom. The van der Waals surface area contributed by atoms with Crippen molar-refractivity contribution in [2.45, 2.75) is 13.0 Å². The summed E-state index contributed by atoms with van der Waals surface area (Å²) in [6.07, 6.45) is 0. The van der Waals surface area contributed by atoms with Crippen LogP contribution < -0.4 is 5.32 Å². The molecule has 9 heteroatoms. The monoisotopic (exact) mass is 286 g/mol. The lowest BCUT2D eigenvalue weighted by Crippen LogP contribution is -2.45. The molecule has 0 fully saturated rings. The zero-order chi connectivity index (χ0) is 15.0. The quantitative estimate of drug-likeness (QED) is 0.755. The number of hydrogen-bond acceptors (Lipinski definition) is 6. The number of aromatic nitrogens is 4. The number of tetrazole rings is 1. The van der Waals surface area contributed by atoms with Gasteiger partial charge in [0.2, 0.25) is 5.91 Å². The average molecular weight is 286 g/mol. The number of H-pyrrole nitrogens is 1. The fraction of sp³-hybridized carbons (Fsp3) is 0.167. The van der Waals surface area contributed by atoms with E-state index in [2.05, 4.69) is 25.9 Å². The number of anilines is 1. The van der Waals surface area contributed by atoms with E-state index in [1.54, 1.807) is 24.3 Å². The highest BCUT2D eigenvalue weighted by atomic mass is 16.2. The van der Waals surface area contributed by atoms with E-state index in [-0.39, 0.29) is 5.95 Å². The number of amides is 3. The first-order chi connectivity index (χ1) is 10.1. The van der Waals surface area contributed by atoms with E-state index in [1.165, 1.54) is 6.92 Å². The predicted octanol–water partition coefficient (Wildman–Crippen LogP) is -0.177. The summed E-state index contributed by atoms with van der Waals surface area (Å²) in [6.45, 7) is 1.46. The van der Waals surface area contributed by atoms with Gasteiger partial charge in [0.05, 0.1) is 11.1 Å². The third-order valence-electron chi connectivity index (χ3n) is 3.17. The maximum absolute atomic E-state index is 12.2. The van der Waals surface area contributed by atoms with Gasteiger partial charge in [0, 0.05) is 0 Å². The Hall–Kier alpha value is -3.10. The molecule has 106 valence electrons. The second kappa shape index (κ2) is 4.78. The molecule has 0 saturated heterocycles. The van der Waals surface area contributed by atoms with Crippen LogP contribution in [0.3, 0.4) is 0 Å². The minimum atomic E-state index is -0.990. The Kier molecular flexibility index (Phi) is 2.94. The molecule has 1 aromatic heterocycles. The molecule has 0 spiro atoms. The van der Waals surface area contributed by atoms with Gasteiger partial charge in [-0.15, -0.1) is 5.10 Å². The molecule has 1 unspecified atom stereocenters. The van der Waals surface area contributed by atoms with Gasteiger partial charge in [0.1, 0.15) is 6.04 Å². The molecule has 0 bridgehead atoms. The molecule has 1 aromatic carbocycles. The summed E-state index contributed by atoms with van der Waals surface area (Å²) in [6, 6.07) is 5.45. The van der Waals surface area contributed by atoms with Crippen LogP contribution in [0.2, 0.25) is 0 Å². The minimum Gasteiger partial charge on any atom is -0.290 e. The molecular formula is C12H10N6O3. The summed E-state index contributed by atoms with van der Waals surface area (Å²) in [4.78, 5) is 37.4. The molecule has 0 saturated carbocycles. The largest absolute Gasteiger partial charge is 0.290 e. The van der Waals surface area contributed by atoms with Gasteiger partial charge in [-0.1, -0.05) is 17.2 Å². The van der Waals surface area contributed by atoms with Gasteiger partial charge >= 0.3 is 0 Å². The standard InChI is InChI=1S/C12H10N6O3/c1-6(9(19)13-12-14-16-17-15-12)18-10(20)7-4-2-3-5-8(7)11(18)21/h2-6H,1H3,(H2,13,14,15,16,17,19). The van der Waals surface area contributed by atoms with E-state index in [4.69, 9.17) is 0 Å². The number of imide groups is 1. The van der Waals surface area contributed by atoms with Crippen LogP contribution in [0.15, 0.2) is 24.3 Å². The first-order valence-electron chi connectivity index (χ1n) is 6.11. The van der Waals surface area contributed by atoms with Gasteiger partial charge in [0.15, 0.2) is 0 Å². The highest BCUT2D eigenvalue weighted by Gasteiger charge is 2.40. The Bertz CT molecular complexity index is 691. The van der Waals surface area contributed by atoms with Crippen LogP contribution in [-0.4, -0.2) is 49.3 Å². The van der Waals surface area contributed by atoms with E-state index >= 15 is 0 Å². The summed E-state index contributed by atoms with van der Waals surface area (Å²) in [5.74, 6) is -1.59. The molecule has 9 nitrogen and oxygen atoms in total. The average Bonchev–Trinajstić information content (AvgIpc) is 3.07. The zero-order valence-corrected chi connectivity index (χ0v) is 10.9. The van der Waals surface area contributed by atoms with E-state index < -0.39 is 23.8 Å². The third kappa shape index (κ3) is 2.04. The number of nitrogens with zero attached hydrogens (tertiary/aromatic N) is 4. The normalized spacial score (nSPS) is 15.0. The van der Waals surface area contributed by atoms with Crippen LogP contribution in [0, 0.1) is 0 Å². The van der Waals surface area contributed by atoms with Crippen molar-refractivity contribution in [3.63, 3.8) is 0 Å². The lowest BCUT2D eigenvalue weighted by Gasteiger charge is -2.20. The van der Waals surface area contributed by atoms with Gasteiger partial charge in [-0.25, -0.2) is 0 Å². The summed E-state index contributed by atoms with van der Waals surface area (Å²) in [7, 11) is 0. The summed E-state index contributed by atoms with van der Waals surface area (Å²) in [5, 5.41) is 15.0. The van der Waals surface area contributed by atoms with Gasteiger partial charge in [-0.3, -0.25) is 24.6 Å². The molecule has 1 aliphatic heterocycles. The Morgan fingerprint density at radius 3 is 2.38 bits per heavy atom. The molecule has 3 rings (SSSR count). The number of carbonyl (C=O) groups excluding carboxylic acids is 3. The summed E-state index contributed by atoms with van der Waals surface area (Å²) >= 11 is 0. The smallest absolute Gasteiger partial charge is 0.269 e. The molecule has 0 radical (unpaired) electrons. The van der Waals surface area contributed by atoms with E-state index in [1.807, 2.05) is 0 Å². The molecule has 21 heavy (non-hydrogen) atoms. The number of hydrogen-bond donors (Lipinski definition) is 2. The lowest BCUT2D eigenvalue weighted by molar-refractivity contribution is -0.119. The van der Waals surface area contributed by atoms with Crippen molar-refractivity contribution < 1.29 is 14.4 Å². The second-order valence-electron chi connectivity index (χ2n) is 4.43. The number of rotatable bonds is 3. The first-order valence-corrected chi connectivity index (χ1v) is 6.11. The molecule has 1 atom stereocenters. The van der Waals surface area contributed by atoms with Gasteiger partial charge in [0.25, 0.3) is 17.8 Å². The van der Waals surface area contributed by atoms with Gasteiger partial charge < -0.3 is 0 Å². The Balaban J connectivity index is 1.83.